The number of amides is 1. The van der Waals surface area contributed by atoms with Crippen molar-refractivity contribution in [2.45, 2.75) is 26.4 Å². The molecule has 0 aromatic carbocycles. The maximum atomic E-state index is 11.8. The fourth-order valence-electron chi connectivity index (χ4n) is 1.00. The van der Waals surface area contributed by atoms with Crippen LogP contribution in [0.1, 0.15) is 19.4 Å². The van der Waals surface area contributed by atoms with E-state index in [1.165, 1.54) is 13.3 Å². The van der Waals surface area contributed by atoms with Gasteiger partial charge in [0.1, 0.15) is 10.8 Å². The Kier molecular flexibility index (Phi) is 3.88. The molecule has 1 aromatic heterocycles. The van der Waals surface area contributed by atoms with Crippen molar-refractivity contribution >= 4 is 23.2 Å². The van der Waals surface area contributed by atoms with Crippen LogP contribution in [0.25, 0.3) is 0 Å². The zero-order valence-corrected chi connectivity index (χ0v) is 10.6. The van der Waals surface area contributed by atoms with E-state index in [0.29, 0.717) is 10.8 Å². The summed E-state index contributed by atoms with van der Waals surface area (Å²) >= 11 is 5.79. The Morgan fingerprint density at radius 1 is 1.56 bits per heavy atom. The monoisotopic (exact) mass is 242 g/mol. The van der Waals surface area contributed by atoms with Crippen LogP contribution in [0.2, 0.25) is 5.15 Å². The molecule has 0 atom stereocenters. The fraction of sp³-hybridized carbons (Fsp3) is 0.455. The van der Waals surface area contributed by atoms with Crippen LogP contribution in [0.5, 0.6) is 0 Å². The number of hydrogen-bond donors (Lipinski definition) is 1. The predicted octanol–water partition coefficient (Wildman–Crippen LogP) is 2.41. The summed E-state index contributed by atoms with van der Waals surface area (Å²) in [6.45, 7) is 5.21. The maximum absolute atomic E-state index is 11.8. The number of nitrogens with one attached hydrogen (secondary N) is 1. The second-order valence-corrected chi connectivity index (χ2v) is 4.36. The Labute approximate surface area is 100.0 Å². The van der Waals surface area contributed by atoms with E-state index in [9.17, 15) is 4.79 Å². The second-order valence-electron chi connectivity index (χ2n) is 4.00. The van der Waals surface area contributed by atoms with Crippen molar-refractivity contribution in [2.75, 3.05) is 12.4 Å². The SMILES string of the molecule is COC(C)(C)C(=O)Nc1cnc(Cl)c(C)c1. The third-order valence-electron chi connectivity index (χ3n) is 2.33. The first kappa shape index (κ1) is 12.9. The van der Waals surface area contributed by atoms with Gasteiger partial charge in [0.15, 0.2) is 0 Å². The number of hydrogen-bond acceptors (Lipinski definition) is 3. The van der Waals surface area contributed by atoms with Gasteiger partial charge in [-0.05, 0) is 32.4 Å². The molecule has 0 aliphatic heterocycles. The molecule has 0 aliphatic carbocycles. The van der Waals surface area contributed by atoms with E-state index in [-0.39, 0.29) is 5.91 Å². The number of ether oxygens (including phenoxy) is 1. The van der Waals surface area contributed by atoms with Crippen molar-refractivity contribution in [3.63, 3.8) is 0 Å². The van der Waals surface area contributed by atoms with E-state index in [1.54, 1.807) is 19.9 Å². The van der Waals surface area contributed by atoms with E-state index in [2.05, 4.69) is 10.3 Å². The van der Waals surface area contributed by atoms with Gasteiger partial charge in [0.25, 0.3) is 5.91 Å². The standard InChI is InChI=1S/C11H15ClN2O2/c1-7-5-8(6-13-9(7)12)14-10(15)11(2,3)16-4/h5-6H,1-4H3,(H,14,15). The van der Waals surface area contributed by atoms with Crippen molar-refractivity contribution in [1.29, 1.82) is 0 Å². The smallest absolute Gasteiger partial charge is 0.256 e. The van der Waals surface area contributed by atoms with E-state index >= 15 is 0 Å². The lowest BCUT2D eigenvalue weighted by Gasteiger charge is -2.21. The molecule has 4 nitrogen and oxygen atoms in total. The predicted molar refractivity (Wildman–Crippen MR) is 63.7 cm³/mol. The van der Waals surface area contributed by atoms with E-state index in [4.69, 9.17) is 16.3 Å². The minimum absolute atomic E-state index is 0.224. The van der Waals surface area contributed by atoms with Gasteiger partial charge in [-0.25, -0.2) is 4.98 Å². The van der Waals surface area contributed by atoms with Gasteiger partial charge >= 0.3 is 0 Å². The van der Waals surface area contributed by atoms with Crippen LogP contribution in [0, 0.1) is 6.92 Å². The zero-order chi connectivity index (χ0) is 12.3. The molecule has 1 heterocycles. The molecule has 1 rings (SSSR count). The maximum Gasteiger partial charge on any atom is 0.256 e. The van der Waals surface area contributed by atoms with Gasteiger partial charge in [-0.15, -0.1) is 0 Å². The zero-order valence-electron chi connectivity index (χ0n) is 9.80. The summed E-state index contributed by atoms with van der Waals surface area (Å²) < 4.78 is 5.07. The van der Waals surface area contributed by atoms with Gasteiger partial charge in [0.2, 0.25) is 0 Å². The van der Waals surface area contributed by atoms with Crippen molar-refractivity contribution in [3.8, 4) is 0 Å². The topological polar surface area (TPSA) is 51.2 Å². The van der Waals surface area contributed by atoms with Crippen molar-refractivity contribution in [1.82, 2.24) is 4.98 Å². The van der Waals surface area contributed by atoms with Crippen LogP contribution in [0.4, 0.5) is 5.69 Å². The van der Waals surface area contributed by atoms with Crippen molar-refractivity contribution in [3.05, 3.63) is 23.0 Å². The number of anilines is 1. The van der Waals surface area contributed by atoms with Gasteiger partial charge in [0.05, 0.1) is 11.9 Å². The molecule has 0 fully saturated rings. The Hall–Kier alpha value is -1.13. The van der Waals surface area contributed by atoms with E-state index < -0.39 is 5.60 Å². The summed E-state index contributed by atoms with van der Waals surface area (Å²) in [5, 5.41) is 3.15. The lowest BCUT2D eigenvalue weighted by Crippen LogP contribution is -2.38. The number of methoxy groups -OCH3 is 1. The Morgan fingerprint density at radius 2 is 2.19 bits per heavy atom. The first-order chi connectivity index (χ1) is 7.36. The number of rotatable bonds is 3. The number of carbonyl (C=O) groups is 1. The number of carbonyl (C=O) groups excluding carboxylic acids is 1. The van der Waals surface area contributed by atoms with Crippen LogP contribution in [0.15, 0.2) is 12.3 Å². The molecular formula is C11H15ClN2O2. The highest BCUT2D eigenvalue weighted by Crippen LogP contribution is 2.18. The van der Waals surface area contributed by atoms with Crippen LogP contribution in [-0.2, 0) is 9.53 Å². The Bertz CT molecular complexity index is 405. The molecule has 0 unspecified atom stereocenters. The van der Waals surface area contributed by atoms with Gasteiger partial charge in [-0.1, -0.05) is 11.6 Å². The Balaban J connectivity index is 2.82. The van der Waals surface area contributed by atoms with Crippen LogP contribution in [-0.4, -0.2) is 23.6 Å². The van der Waals surface area contributed by atoms with Gasteiger partial charge in [-0.2, -0.15) is 0 Å². The van der Waals surface area contributed by atoms with Crippen molar-refractivity contribution < 1.29 is 9.53 Å². The molecule has 0 spiro atoms. The van der Waals surface area contributed by atoms with Crippen LogP contribution in [0.3, 0.4) is 0 Å². The normalized spacial score (nSPS) is 11.3. The molecule has 0 bridgehead atoms. The summed E-state index contributed by atoms with van der Waals surface area (Å²) in [4.78, 5) is 15.7. The van der Waals surface area contributed by atoms with Gasteiger partial charge < -0.3 is 10.1 Å². The minimum atomic E-state index is -0.868. The number of aromatic nitrogens is 1. The second kappa shape index (κ2) is 4.80. The molecule has 0 saturated heterocycles. The molecule has 0 aliphatic rings. The summed E-state index contributed by atoms with van der Waals surface area (Å²) in [5.74, 6) is -0.224. The first-order valence-corrected chi connectivity index (χ1v) is 5.23. The molecule has 0 radical (unpaired) electrons. The van der Waals surface area contributed by atoms with E-state index in [1.807, 2.05) is 6.92 Å². The minimum Gasteiger partial charge on any atom is -0.369 e. The molecule has 16 heavy (non-hydrogen) atoms. The first-order valence-electron chi connectivity index (χ1n) is 4.85. The largest absolute Gasteiger partial charge is 0.369 e. The summed E-state index contributed by atoms with van der Waals surface area (Å²) in [6.07, 6.45) is 1.51. The number of pyridine rings is 1. The number of aryl methyl sites for hydroxylation is 1. The molecule has 88 valence electrons. The molecular weight excluding hydrogens is 228 g/mol. The quantitative estimate of drug-likeness (QED) is 0.829. The third kappa shape index (κ3) is 2.93. The highest BCUT2D eigenvalue weighted by Gasteiger charge is 2.26. The Morgan fingerprint density at radius 3 is 2.69 bits per heavy atom. The molecule has 1 aromatic rings. The van der Waals surface area contributed by atoms with E-state index in [0.717, 1.165) is 5.56 Å². The average Bonchev–Trinajstić information content (AvgIpc) is 2.23. The summed E-state index contributed by atoms with van der Waals surface area (Å²) in [6, 6.07) is 1.76. The fourth-order valence-corrected chi connectivity index (χ4v) is 1.10. The highest BCUT2D eigenvalue weighted by atomic mass is 35.5. The van der Waals surface area contributed by atoms with Gasteiger partial charge in [0, 0.05) is 7.11 Å². The van der Waals surface area contributed by atoms with Crippen LogP contribution < -0.4 is 5.32 Å². The lowest BCUT2D eigenvalue weighted by atomic mass is 10.1. The molecule has 1 N–H and O–H groups in total. The number of nitrogens with zero attached hydrogens (tertiary/aromatic N) is 1. The van der Waals surface area contributed by atoms with Crippen molar-refractivity contribution in [2.24, 2.45) is 0 Å². The molecule has 0 saturated carbocycles. The summed E-state index contributed by atoms with van der Waals surface area (Å²) in [5.41, 5.74) is 0.555. The molecule has 5 heteroatoms. The lowest BCUT2D eigenvalue weighted by molar-refractivity contribution is -0.133. The highest BCUT2D eigenvalue weighted by molar-refractivity contribution is 6.30. The number of halogens is 1. The average molecular weight is 243 g/mol. The third-order valence-corrected chi connectivity index (χ3v) is 2.73. The molecule has 1 amide bonds. The summed E-state index contributed by atoms with van der Waals surface area (Å²) in [7, 11) is 1.49. The van der Waals surface area contributed by atoms with Gasteiger partial charge in [-0.3, -0.25) is 4.79 Å². The van der Waals surface area contributed by atoms with Crippen LogP contribution >= 0.6 is 11.6 Å².